The smallest absolute Gasteiger partial charge is 0.359 e. The number of anilines is 1. The van der Waals surface area contributed by atoms with E-state index in [0.717, 1.165) is 22.1 Å². The number of methoxy groups -OCH3 is 1. The molecule has 33 heavy (non-hydrogen) atoms. The summed E-state index contributed by atoms with van der Waals surface area (Å²) < 4.78 is 25.0. The minimum atomic E-state index is -0.740. The van der Waals surface area contributed by atoms with Crippen molar-refractivity contribution in [2.75, 3.05) is 19.0 Å². The molecule has 0 spiro atoms. The molecule has 0 aliphatic rings. The van der Waals surface area contributed by atoms with Gasteiger partial charge in [0.25, 0.3) is 11.5 Å². The number of fused-ring (bicyclic) bond motifs is 1. The van der Waals surface area contributed by atoms with Crippen molar-refractivity contribution in [1.82, 2.24) is 9.78 Å². The van der Waals surface area contributed by atoms with Crippen LogP contribution in [0.15, 0.2) is 58.7 Å². The van der Waals surface area contributed by atoms with Gasteiger partial charge in [0.05, 0.1) is 24.8 Å². The van der Waals surface area contributed by atoms with Gasteiger partial charge in [0.15, 0.2) is 5.69 Å². The van der Waals surface area contributed by atoms with Crippen LogP contribution in [-0.4, -0.2) is 35.4 Å². The zero-order chi connectivity index (χ0) is 23.5. The first kappa shape index (κ1) is 22.2. The number of halogens is 1. The highest BCUT2D eigenvalue weighted by molar-refractivity contribution is 7.16. The van der Waals surface area contributed by atoms with Gasteiger partial charge < -0.3 is 14.8 Å². The number of rotatable bonds is 6. The Morgan fingerprint density at radius 3 is 2.70 bits per heavy atom. The van der Waals surface area contributed by atoms with Crippen molar-refractivity contribution in [2.24, 2.45) is 0 Å². The molecule has 2 aromatic heterocycles. The molecule has 0 fully saturated rings. The van der Waals surface area contributed by atoms with Crippen LogP contribution in [0.3, 0.4) is 0 Å². The van der Waals surface area contributed by atoms with E-state index in [1.807, 2.05) is 0 Å². The second-order valence-corrected chi connectivity index (χ2v) is 7.69. The Balaban J connectivity index is 1.87. The summed E-state index contributed by atoms with van der Waals surface area (Å²) >= 11 is 1.07. The van der Waals surface area contributed by atoms with Crippen molar-refractivity contribution in [1.29, 1.82) is 0 Å². The molecule has 4 rings (SSSR count). The summed E-state index contributed by atoms with van der Waals surface area (Å²) in [5.41, 5.74) is -0.288. The molecule has 2 aromatic carbocycles. The summed E-state index contributed by atoms with van der Waals surface area (Å²) in [5, 5.41) is 8.94. The Bertz CT molecular complexity index is 1430. The van der Waals surface area contributed by atoms with Gasteiger partial charge >= 0.3 is 5.97 Å². The Labute approximate surface area is 191 Å². The van der Waals surface area contributed by atoms with Crippen LogP contribution in [-0.2, 0) is 4.74 Å². The normalized spacial score (nSPS) is 10.8. The molecule has 0 saturated carbocycles. The van der Waals surface area contributed by atoms with E-state index >= 15 is 0 Å². The van der Waals surface area contributed by atoms with Crippen LogP contribution in [0.5, 0.6) is 5.75 Å². The van der Waals surface area contributed by atoms with Gasteiger partial charge in [-0.2, -0.15) is 9.78 Å². The Kier molecular flexibility index (Phi) is 6.18. The van der Waals surface area contributed by atoms with Crippen molar-refractivity contribution in [2.45, 2.75) is 6.92 Å². The summed E-state index contributed by atoms with van der Waals surface area (Å²) in [6.07, 6.45) is 0. The summed E-state index contributed by atoms with van der Waals surface area (Å²) in [7, 11) is 1.49. The standard InChI is InChI=1S/C23H18FN3O5S/c1-3-32-23(30)19-17-12-33-21(25-20(28)13-6-4-9-16(10-13)31-2)18(17)22(29)27(26-19)15-8-5-7-14(24)11-15/h4-12H,3H2,1-2H3,(H,25,28). The first-order valence-corrected chi connectivity index (χ1v) is 10.7. The number of nitrogens with one attached hydrogen (secondary N) is 1. The molecular formula is C23H18FN3O5S. The number of aromatic nitrogens is 2. The van der Waals surface area contributed by atoms with Crippen molar-refractivity contribution >= 4 is 39.0 Å². The van der Waals surface area contributed by atoms with Crippen LogP contribution >= 0.6 is 11.3 Å². The zero-order valence-corrected chi connectivity index (χ0v) is 18.4. The molecule has 0 bridgehead atoms. The summed E-state index contributed by atoms with van der Waals surface area (Å²) in [6.45, 7) is 1.75. The zero-order valence-electron chi connectivity index (χ0n) is 17.6. The molecule has 0 atom stereocenters. The largest absolute Gasteiger partial charge is 0.497 e. The number of esters is 1. The summed E-state index contributed by atoms with van der Waals surface area (Å²) in [6, 6.07) is 11.8. The van der Waals surface area contributed by atoms with Crippen molar-refractivity contribution in [3.63, 3.8) is 0 Å². The minimum absolute atomic E-state index is 0.0681. The van der Waals surface area contributed by atoms with Crippen molar-refractivity contribution in [3.8, 4) is 11.4 Å². The van der Waals surface area contributed by atoms with Gasteiger partial charge in [-0.1, -0.05) is 12.1 Å². The lowest BCUT2D eigenvalue weighted by molar-refractivity contribution is 0.0520. The molecule has 168 valence electrons. The topological polar surface area (TPSA) is 99.5 Å². The molecule has 0 radical (unpaired) electrons. The van der Waals surface area contributed by atoms with Crippen LogP contribution in [0.2, 0.25) is 0 Å². The van der Waals surface area contributed by atoms with Crippen LogP contribution < -0.4 is 15.6 Å². The molecule has 1 amide bonds. The maximum Gasteiger partial charge on any atom is 0.359 e. The second kappa shape index (κ2) is 9.21. The first-order chi connectivity index (χ1) is 15.9. The average molecular weight is 467 g/mol. The SMILES string of the molecule is CCOC(=O)c1nn(-c2cccc(F)c2)c(=O)c2c(NC(=O)c3cccc(OC)c3)scc12. The van der Waals surface area contributed by atoms with Crippen LogP contribution in [0, 0.1) is 5.82 Å². The fourth-order valence-electron chi connectivity index (χ4n) is 3.21. The Morgan fingerprint density at radius 2 is 1.97 bits per heavy atom. The molecule has 4 aromatic rings. The number of nitrogens with zero attached hydrogens (tertiary/aromatic N) is 2. The van der Waals surface area contributed by atoms with E-state index in [1.54, 1.807) is 36.6 Å². The van der Waals surface area contributed by atoms with E-state index in [9.17, 15) is 18.8 Å². The first-order valence-electron chi connectivity index (χ1n) is 9.86. The molecule has 2 heterocycles. The van der Waals surface area contributed by atoms with Gasteiger partial charge in [-0.25, -0.2) is 9.18 Å². The minimum Gasteiger partial charge on any atom is -0.497 e. The second-order valence-electron chi connectivity index (χ2n) is 6.81. The van der Waals surface area contributed by atoms with Crippen molar-refractivity contribution < 1.29 is 23.5 Å². The van der Waals surface area contributed by atoms with E-state index in [4.69, 9.17) is 9.47 Å². The fourth-order valence-corrected chi connectivity index (χ4v) is 4.15. The number of thiophene rings is 1. The van der Waals surface area contributed by atoms with Gasteiger partial charge in [0, 0.05) is 16.3 Å². The molecule has 10 heteroatoms. The van der Waals surface area contributed by atoms with Gasteiger partial charge in [0.1, 0.15) is 16.6 Å². The number of hydrogen-bond acceptors (Lipinski definition) is 7. The molecule has 0 aliphatic heterocycles. The number of ether oxygens (including phenoxy) is 2. The maximum absolute atomic E-state index is 13.8. The molecule has 8 nitrogen and oxygen atoms in total. The predicted molar refractivity (Wildman–Crippen MR) is 122 cm³/mol. The van der Waals surface area contributed by atoms with E-state index in [2.05, 4.69) is 10.4 Å². The van der Waals surface area contributed by atoms with Crippen LogP contribution in [0.25, 0.3) is 16.5 Å². The van der Waals surface area contributed by atoms with Gasteiger partial charge in [0.2, 0.25) is 0 Å². The molecular weight excluding hydrogens is 449 g/mol. The number of amides is 1. The highest BCUT2D eigenvalue weighted by Crippen LogP contribution is 2.31. The molecule has 0 unspecified atom stereocenters. The van der Waals surface area contributed by atoms with E-state index in [1.165, 1.54) is 25.3 Å². The summed E-state index contributed by atoms with van der Waals surface area (Å²) in [5.74, 6) is -1.28. The van der Waals surface area contributed by atoms with E-state index < -0.39 is 23.3 Å². The van der Waals surface area contributed by atoms with E-state index in [-0.39, 0.29) is 33.8 Å². The molecule has 1 N–H and O–H groups in total. The Hall–Kier alpha value is -4.05. The maximum atomic E-state index is 13.8. The Morgan fingerprint density at radius 1 is 1.18 bits per heavy atom. The number of benzene rings is 2. The average Bonchev–Trinajstić information content (AvgIpc) is 3.23. The van der Waals surface area contributed by atoms with Gasteiger partial charge in [-0.05, 0) is 43.3 Å². The quantitative estimate of drug-likeness (QED) is 0.430. The number of carbonyl (C=O) groups is 2. The lowest BCUT2D eigenvalue weighted by Gasteiger charge is -2.10. The predicted octanol–water partition coefficient (Wildman–Crippen LogP) is 4.02. The third-order valence-electron chi connectivity index (χ3n) is 4.73. The van der Waals surface area contributed by atoms with Gasteiger partial charge in [-0.3, -0.25) is 9.59 Å². The highest BCUT2D eigenvalue weighted by atomic mass is 32.1. The third kappa shape index (κ3) is 4.33. The fraction of sp³-hybridized carbons (Fsp3) is 0.130. The van der Waals surface area contributed by atoms with Crippen LogP contribution in [0.4, 0.5) is 9.39 Å². The van der Waals surface area contributed by atoms with E-state index in [0.29, 0.717) is 11.3 Å². The lowest BCUT2D eigenvalue weighted by atomic mass is 10.2. The molecule has 0 saturated heterocycles. The summed E-state index contributed by atoms with van der Waals surface area (Å²) in [4.78, 5) is 38.7. The highest BCUT2D eigenvalue weighted by Gasteiger charge is 2.23. The molecule has 0 aliphatic carbocycles. The lowest BCUT2D eigenvalue weighted by Crippen LogP contribution is -2.25. The van der Waals surface area contributed by atoms with Gasteiger partial charge in [-0.15, -0.1) is 11.3 Å². The number of carbonyl (C=O) groups excluding carboxylic acids is 2. The van der Waals surface area contributed by atoms with Crippen molar-refractivity contribution in [3.05, 3.63) is 81.3 Å². The number of hydrogen-bond donors (Lipinski definition) is 1. The van der Waals surface area contributed by atoms with Crippen LogP contribution in [0.1, 0.15) is 27.8 Å². The third-order valence-corrected chi connectivity index (χ3v) is 5.63. The monoisotopic (exact) mass is 467 g/mol.